The number of hydrogen-bond acceptors (Lipinski definition) is 2. The van der Waals surface area contributed by atoms with E-state index >= 15 is 0 Å². The van der Waals surface area contributed by atoms with E-state index in [1.165, 1.54) is 0 Å². The van der Waals surface area contributed by atoms with Gasteiger partial charge in [-0.3, -0.25) is 0 Å². The highest BCUT2D eigenvalue weighted by Gasteiger charge is 2.54. The predicted octanol–water partition coefficient (Wildman–Crippen LogP) is 2.06. The average Bonchev–Trinajstić information content (AvgIpc) is 2.08. The van der Waals surface area contributed by atoms with E-state index in [-0.39, 0.29) is 31.6 Å². The molecular weight excluding hydrogens is 197 g/mol. The van der Waals surface area contributed by atoms with Crippen molar-refractivity contribution >= 4 is 6.29 Å². The molecule has 1 saturated carbocycles. The van der Waals surface area contributed by atoms with Crippen LogP contribution in [-0.4, -0.2) is 23.2 Å². The summed E-state index contributed by atoms with van der Waals surface area (Å²) in [7, 11) is 0. The van der Waals surface area contributed by atoms with Crippen LogP contribution in [0.4, 0.5) is 13.2 Å². The minimum atomic E-state index is -4.54. The number of alkyl halides is 3. The van der Waals surface area contributed by atoms with Crippen molar-refractivity contribution in [3.63, 3.8) is 0 Å². The number of aldehydes is 1. The number of aliphatic hydroxyl groups is 1. The SMILES string of the molecule is O=CCC1CCC(O)(C(F)(F)F)CC1. The van der Waals surface area contributed by atoms with Crippen molar-refractivity contribution in [2.24, 2.45) is 5.92 Å². The average molecular weight is 210 g/mol. The van der Waals surface area contributed by atoms with Crippen molar-refractivity contribution in [2.75, 3.05) is 0 Å². The van der Waals surface area contributed by atoms with Crippen LogP contribution in [0.15, 0.2) is 0 Å². The highest BCUT2D eigenvalue weighted by Crippen LogP contribution is 2.43. The van der Waals surface area contributed by atoms with Crippen LogP contribution >= 0.6 is 0 Å². The monoisotopic (exact) mass is 210 g/mol. The molecule has 1 rings (SSSR count). The maximum Gasteiger partial charge on any atom is 0.417 e. The molecular formula is C9H13F3O2. The van der Waals surface area contributed by atoms with Gasteiger partial charge in [0.05, 0.1) is 0 Å². The lowest BCUT2D eigenvalue weighted by molar-refractivity contribution is -0.271. The molecule has 0 heterocycles. The van der Waals surface area contributed by atoms with Crippen molar-refractivity contribution in [2.45, 2.75) is 43.9 Å². The van der Waals surface area contributed by atoms with Crippen LogP contribution in [0.2, 0.25) is 0 Å². The third-order valence-corrected chi connectivity index (χ3v) is 2.89. The Morgan fingerprint density at radius 2 is 1.86 bits per heavy atom. The predicted molar refractivity (Wildman–Crippen MR) is 43.6 cm³/mol. The van der Waals surface area contributed by atoms with Gasteiger partial charge in [0.15, 0.2) is 5.60 Å². The zero-order chi connectivity index (χ0) is 10.8. The second-order valence-corrected chi connectivity index (χ2v) is 3.88. The van der Waals surface area contributed by atoms with Gasteiger partial charge in [-0.2, -0.15) is 13.2 Å². The molecule has 1 aliphatic rings. The van der Waals surface area contributed by atoms with E-state index in [1.54, 1.807) is 0 Å². The van der Waals surface area contributed by atoms with E-state index < -0.39 is 11.8 Å². The van der Waals surface area contributed by atoms with Gasteiger partial charge in [-0.05, 0) is 31.6 Å². The van der Waals surface area contributed by atoms with Crippen LogP contribution in [0.5, 0.6) is 0 Å². The normalized spacial score (nSPS) is 34.1. The largest absolute Gasteiger partial charge is 0.417 e. The topological polar surface area (TPSA) is 37.3 Å². The fourth-order valence-corrected chi connectivity index (χ4v) is 1.81. The Morgan fingerprint density at radius 1 is 1.36 bits per heavy atom. The Bertz CT molecular complexity index is 205. The minimum absolute atomic E-state index is 0.00937. The summed E-state index contributed by atoms with van der Waals surface area (Å²) in [6, 6.07) is 0. The molecule has 1 aliphatic carbocycles. The first kappa shape index (κ1) is 11.5. The highest BCUT2D eigenvalue weighted by atomic mass is 19.4. The van der Waals surface area contributed by atoms with Gasteiger partial charge in [0, 0.05) is 6.42 Å². The Morgan fingerprint density at radius 3 is 2.21 bits per heavy atom. The Labute approximate surface area is 80.1 Å². The van der Waals surface area contributed by atoms with E-state index in [4.69, 9.17) is 0 Å². The first-order valence-electron chi connectivity index (χ1n) is 4.62. The molecule has 0 unspecified atom stereocenters. The summed E-state index contributed by atoms with van der Waals surface area (Å²) in [5.41, 5.74) is -2.52. The fourth-order valence-electron chi connectivity index (χ4n) is 1.81. The summed E-state index contributed by atoms with van der Waals surface area (Å²) < 4.78 is 37.0. The second-order valence-electron chi connectivity index (χ2n) is 3.88. The first-order chi connectivity index (χ1) is 6.39. The Balaban J connectivity index is 2.53. The lowest BCUT2D eigenvalue weighted by atomic mass is 9.77. The number of rotatable bonds is 2. The van der Waals surface area contributed by atoms with Crippen LogP contribution in [-0.2, 0) is 4.79 Å². The van der Waals surface area contributed by atoms with E-state index in [2.05, 4.69) is 0 Å². The highest BCUT2D eigenvalue weighted by molar-refractivity contribution is 5.49. The van der Waals surface area contributed by atoms with Crippen LogP contribution in [0.3, 0.4) is 0 Å². The van der Waals surface area contributed by atoms with E-state index in [1.807, 2.05) is 0 Å². The van der Waals surface area contributed by atoms with Gasteiger partial charge < -0.3 is 9.90 Å². The lowest BCUT2D eigenvalue weighted by Crippen LogP contribution is -2.47. The zero-order valence-corrected chi connectivity index (χ0v) is 7.68. The maximum atomic E-state index is 12.3. The molecule has 0 aromatic heterocycles. The molecule has 82 valence electrons. The van der Waals surface area contributed by atoms with E-state index in [0.29, 0.717) is 6.42 Å². The van der Waals surface area contributed by atoms with Crippen LogP contribution in [0, 0.1) is 5.92 Å². The molecule has 2 nitrogen and oxygen atoms in total. The van der Waals surface area contributed by atoms with Gasteiger partial charge in [0.2, 0.25) is 0 Å². The van der Waals surface area contributed by atoms with Gasteiger partial charge >= 0.3 is 6.18 Å². The summed E-state index contributed by atoms with van der Waals surface area (Å²) in [4.78, 5) is 10.1. The molecule has 0 spiro atoms. The number of hydrogen-bond donors (Lipinski definition) is 1. The minimum Gasteiger partial charge on any atom is -0.380 e. The fraction of sp³-hybridized carbons (Fsp3) is 0.889. The van der Waals surface area contributed by atoms with Crippen LogP contribution in [0.25, 0.3) is 0 Å². The Kier molecular flexibility index (Phi) is 3.19. The van der Waals surface area contributed by atoms with Gasteiger partial charge in [-0.25, -0.2) is 0 Å². The summed E-state index contributed by atoms with van der Waals surface area (Å²) in [5, 5.41) is 9.28. The lowest BCUT2D eigenvalue weighted by Gasteiger charge is -2.36. The van der Waals surface area contributed by atoms with Gasteiger partial charge in [0.25, 0.3) is 0 Å². The standard InChI is InChI=1S/C9H13F3O2/c10-9(11,12)8(14)4-1-7(2-5-8)3-6-13/h6-7,14H,1-5H2. The Hall–Kier alpha value is -0.580. The number of carbonyl (C=O) groups is 1. The molecule has 0 atom stereocenters. The number of halogens is 3. The van der Waals surface area contributed by atoms with Gasteiger partial charge in [0.1, 0.15) is 6.29 Å². The molecule has 0 aromatic carbocycles. The molecule has 0 amide bonds. The molecule has 1 fully saturated rings. The molecule has 0 radical (unpaired) electrons. The summed E-state index contributed by atoms with van der Waals surface area (Å²) in [6.45, 7) is 0. The van der Waals surface area contributed by atoms with Gasteiger partial charge in [-0.1, -0.05) is 0 Å². The zero-order valence-electron chi connectivity index (χ0n) is 7.68. The number of carbonyl (C=O) groups excluding carboxylic acids is 1. The molecule has 0 bridgehead atoms. The van der Waals surface area contributed by atoms with Crippen molar-refractivity contribution < 1.29 is 23.1 Å². The summed E-state index contributed by atoms with van der Waals surface area (Å²) >= 11 is 0. The molecule has 14 heavy (non-hydrogen) atoms. The van der Waals surface area contributed by atoms with Crippen molar-refractivity contribution in [3.05, 3.63) is 0 Å². The molecule has 0 aliphatic heterocycles. The van der Waals surface area contributed by atoms with Crippen molar-refractivity contribution in [1.82, 2.24) is 0 Å². The molecule has 1 N–H and O–H groups in total. The summed E-state index contributed by atoms with van der Waals surface area (Å²) in [6.07, 6.45) is -3.54. The van der Waals surface area contributed by atoms with Crippen LogP contribution in [0.1, 0.15) is 32.1 Å². The second kappa shape index (κ2) is 3.88. The first-order valence-corrected chi connectivity index (χ1v) is 4.62. The van der Waals surface area contributed by atoms with E-state index in [0.717, 1.165) is 6.29 Å². The van der Waals surface area contributed by atoms with Gasteiger partial charge in [-0.15, -0.1) is 0 Å². The molecule has 0 aromatic rings. The van der Waals surface area contributed by atoms with Crippen molar-refractivity contribution in [3.8, 4) is 0 Å². The third kappa shape index (κ3) is 2.26. The summed E-state index contributed by atoms with van der Waals surface area (Å²) in [5.74, 6) is 0.00937. The molecule has 0 saturated heterocycles. The quantitative estimate of drug-likeness (QED) is 0.708. The van der Waals surface area contributed by atoms with E-state index in [9.17, 15) is 23.1 Å². The maximum absolute atomic E-state index is 12.3. The smallest absolute Gasteiger partial charge is 0.380 e. The van der Waals surface area contributed by atoms with Crippen LogP contribution < -0.4 is 0 Å². The molecule has 5 heteroatoms. The van der Waals surface area contributed by atoms with Crippen molar-refractivity contribution in [1.29, 1.82) is 0 Å². The third-order valence-electron chi connectivity index (χ3n) is 2.89.